The molecule has 25 heavy (non-hydrogen) atoms. The van der Waals surface area contributed by atoms with E-state index in [2.05, 4.69) is 32.5 Å². The van der Waals surface area contributed by atoms with E-state index in [0.29, 0.717) is 0 Å². The monoisotopic (exact) mass is 343 g/mol. The zero-order valence-electron chi connectivity index (χ0n) is 12.5. The van der Waals surface area contributed by atoms with Gasteiger partial charge in [-0.1, -0.05) is 12.6 Å². The van der Waals surface area contributed by atoms with Gasteiger partial charge in [0, 0.05) is 5.56 Å². The standard InChI is InChI=1S/C14H10FN7O3/c1-6(15)7-2-3-8(14(24)25)10(4-7)17-13(23)11-5-9(16)12-18-20-21-22(12)19-11/h2-5H,1,16H2,(H,17,23)(H,24,25). The summed E-state index contributed by atoms with van der Waals surface area (Å²) in [5.41, 5.74) is 5.54. The number of amides is 1. The SMILES string of the molecule is C=C(F)c1ccc(C(=O)O)c(NC(=O)c2cc(N)c3nnnn3n2)c1. The van der Waals surface area contributed by atoms with Crippen LogP contribution in [0.15, 0.2) is 30.8 Å². The van der Waals surface area contributed by atoms with Crippen LogP contribution in [0.25, 0.3) is 11.5 Å². The van der Waals surface area contributed by atoms with Crippen molar-refractivity contribution in [2.75, 3.05) is 11.1 Å². The van der Waals surface area contributed by atoms with E-state index in [9.17, 15) is 19.1 Å². The van der Waals surface area contributed by atoms with Crippen molar-refractivity contribution < 1.29 is 19.1 Å². The molecule has 1 amide bonds. The summed E-state index contributed by atoms with van der Waals surface area (Å²) in [5.74, 6) is -2.84. The molecule has 126 valence electrons. The Morgan fingerprint density at radius 3 is 2.76 bits per heavy atom. The fourth-order valence-electron chi connectivity index (χ4n) is 2.07. The van der Waals surface area contributed by atoms with E-state index in [1.54, 1.807) is 0 Å². The molecule has 10 nitrogen and oxygen atoms in total. The number of carbonyl (C=O) groups excluding carboxylic acids is 1. The number of nitrogen functional groups attached to an aromatic ring is 1. The summed E-state index contributed by atoms with van der Waals surface area (Å²) in [5, 5.41) is 26.0. The Hall–Kier alpha value is -3.89. The maximum atomic E-state index is 13.3. The molecule has 0 atom stereocenters. The molecule has 0 unspecified atom stereocenters. The Kier molecular flexibility index (Phi) is 3.81. The number of tetrazole rings is 1. The number of anilines is 2. The molecule has 0 aliphatic rings. The fraction of sp³-hybridized carbons (Fsp3) is 0. The van der Waals surface area contributed by atoms with Gasteiger partial charge >= 0.3 is 5.97 Å². The van der Waals surface area contributed by atoms with Gasteiger partial charge in [0.2, 0.25) is 5.65 Å². The van der Waals surface area contributed by atoms with Crippen LogP contribution in [0.5, 0.6) is 0 Å². The fourth-order valence-corrected chi connectivity index (χ4v) is 2.07. The Morgan fingerprint density at radius 1 is 1.32 bits per heavy atom. The normalized spacial score (nSPS) is 10.6. The maximum absolute atomic E-state index is 13.3. The number of rotatable bonds is 4. The van der Waals surface area contributed by atoms with Gasteiger partial charge in [-0.3, -0.25) is 4.79 Å². The maximum Gasteiger partial charge on any atom is 0.337 e. The number of hydrogen-bond acceptors (Lipinski definition) is 7. The lowest BCUT2D eigenvalue weighted by Gasteiger charge is -2.10. The third-order valence-corrected chi connectivity index (χ3v) is 3.25. The third-order valence-electron chi connectivity index (χ3n) is 3.25. The highest BCUT2D eigenvalue weighted by Gasteiger charge is 2.18. The molecule has 0 bridgehead atoms. The van der Waals surface area contributed by atoms with Gasteiger partial charge in [-0.25, -0.2) is 9.18 Å². The van der Waals surface area contributed by atoms with E-state index in [4.69, 9.17) is 5.73 Å². The number of nitrogens with two attached hydrogens (primary N) is 1. The van der Waals surface area contributed by atoms with Crippen molar-refractivity contribution in [3.63, 3.8) is 0 Å². The molecule has 3 aromatic rings. The molecule has 3 rings (SSSR count). The van der Waals surface area contributed by atoms with Crippen LogP contribution >= 0.6 is 0 Å². The first-order valence-electron chi connectivity index (χ1n) is 6.75. The minimum atomic E-state index is -1.30. The second kappa shape index (κ2) is 5.96. The summed E-state index contributed by atoms with van der Waals surface area (Å²) >= 11 is 0. The number of halogens is 1. The van der Waals surface area contributed by atoms with E-state index in [1.807, 2.05) is 0 Å². The van der Waals surface area contributed by atoms with Crippen LogP contribution in [0, 0.1) is 0 Å². The first-order chi connectivity index (χ1) is 11.9. The molecular weight excluding hydrogens is 333 g/mol. The van der Waals surface area contributed by atoms with E-state index in [1.165, 1.54) is 12.1 Å². The molecule has 0 aliphatic heterocycles. The Morgan fingerprint density at radius 2 is 2.08 bits per heavy atom. The zero-order chi connectivity index (χ0) is 18.1. The molecule has 4 N–H and O–H groups in total. The van der Waals surface area contributed by atoms with Crippen LogP contribution < -0.4 is 11.1 Å². The highest BCUT2D eigenvalue weighted by molar-refractivity contribution is 6.07. The molecule has 0 aliphatic carbocycles. The molecule has 2 heterocycles. The number of carbonyl (C=O) groups is 2. The zero-order valence-corrected chi connectivity index (χ0v) is 12.5. The van der Waals surface area contributed by atoms with Gasteiger partial charge in [0.15, 0.2) is 5.69 Å². The second-order valence-corrected chi connectivity index (χ2v) is 4.90. The largest absolute Gasteiger partial charge is 0.478 e. The van der Waals surface area contributed by atoms with E-state index in [-0.39, 0.29) is 33.8 Å². The lowest BCUT2D eigenvalue weighted by atomic mass is 10.1. The molecule has 11 heteroatoms. The highest BCUT2D eigenvalue weighted by atomic mass is 19.1. The molecule has 0 fully saturated rings. The number of nitrogens with zero attached hydrogens (tertiary/aromatic N) is 5. The van der Waals surface area contributed by atoms with Crippen LogP contribution in [0.1, 0.15) is 26.4 Å². The number of carboxylic acid groups (broad SMARTS) is 1. The van der Waals surface area contributed by atoms with Gasteiger partial charge in [0.25, 0.3) is 5.91 Å². The predicted molar refractivity (Wildman–Crippen MR) is 84.5 cm³/mol. The minimum Gasteiger partial charge on any atom is -0.478 e. The van der Waals surface area contributed by atoms with Gasteiger partial charge in [-0.05, 0) is 28.6 Å². The first kappa shape index (κ1) is 16.0. The van der Waals surface area contributed by atoms with E-state index < -0.39 is 17.7 Å². The molecule has 0 saturated carbocycles. The van der Waals surface area contributed by atoms with Crippen LogP contribution in [0.4, 0.5) is 15.8 Å². The number of hydrogen-bond donors (Lipinski definition) is 3. The summed E-state index contributed by atoms with van der Waals surface area (Å²) in [6.07, 6.45) is 0. The Labute approximate surface area is 138 Å². The van der Waals surface area contributed by atoms with Crippen molar-refractivity contribution in [1.29, 1.82) is 0 Å². The van der Waals surface area contributed by atoms with E-state index >= 15 is 0 Å². The second-order valence-electron chi connectivity index (χ2n) is 4.90. The number of nitrogens with one attached hydrogen (secondary N) is 1. The third kappa shape index (κ3) is 2.97. The summed E-state index contributed by atoms with van der Waals surface area (Å²) in [6.45, 7) is 3.14. The summed E-state index contributed by atoms with van der Waals surface area (Å²) < 4.78 is 14.3. The quantitative estimate of drug-likeness (QED) is 0.635. The highest BCUT2D eigenvalue weighted by Crippen LogP contribution is 2.23. The van der Waals surface area contributed by atoms with Crippen molar-refractivity contribution in [1.82, 2.24) is 25.3 Å². The van der Waals surface area contributed by atoms with Crippen LogP contribution in [0.3, 0.4) is 0 Å². The van der Waals surface area contributed by atoms with Gasteiger partial charge in [-0.2, -0.15) is 0 Å². The molecule has 0 radical (unpaired) electrons. The number of benzene rings is 1. The summed E-state index contributed by atoms with van der Waals surface area (Å²) in [4.78, 5) is 23.6. The lowest BCUT2D eigenvalue weighted by Crippen LogP contribution is -2.18. The summed E-state index contributed by atoms with van der Waals surface area (Å²) in [7, 11) is 0. The summed E-state index contributed by atoms with van der Waals surface area (Å²) in [6, 6.07) is 4.79. The number of aromatic nitrogens is 5. The number of aromatic carboxylic acids is 1. The Balaban J connectivity index is 2.00. The van der Waals surface area contributed by atoms with Crippen molar-refractivity contribution in [2.24, 2.45) is 0 Å². The average Bonchev–Trinajstić information content (AvgIpc) is 3.03. The van der Waals surface area contributed by atoms with Crippen molar-refractivity contribution >= 4 is 34.7 Å². The minimum absolute atomic E-state index is 0.0312. The molecule has 2 aromatic heterocycles. The van der Waals surface area contributed by atoms with Crippen LogP contribution in [0.2, 0.25) is 0 Å². The number of fused-ring (bicyclic) bond motifs is 1. The first-order valence-corrected chi connectivity index (χ1v) is 6.75. The molecular formula is C14H10FN7O3. The average molecular weight is 343 g/mol. The van der Waals surface area contributed by atoms with Crippen molar-refractivity contribution in [3.8, 4) is 0 Å². The smallest absolute Gasteiger partial charge is 0.337 e. The topological polar surface area (TPSA) is 148 Å². The predicted octanol–water partition coefficient (Wildman–Crippen LogP) is 0.992. The number of carboxylic acids is 1. The van der Waals surface area contributed by atoms with Crippen molar-refractivity contribution in [2.45, 2.75) is 0 Å². The van der Waals surface area contributed by atoms with Crippen LogP contribution in [-0.2, 0) is 0 Å². The van der Waals surface area contributed by atoms with E-state index in [0.717, 1.165) is 16.8 Å². The van der Waals surface area contributed by atoms with Gasteiger partial charge in [0.05, 0.1) is 16.9 Å². The van der Waals surface area contributed by atoms with Crippen LogP contribution in [-0.4, -0.2) is 42.2 Å². The van der Waals surface area contributed by atoms with Gasteiger partial charge in [-0.15, -0.1) is 14.8 Å². The molecule has 1 aromatic carbocycles. The molecule has 0 spiro atoms. The molecule has 0 saturated heterocycles. The van der Waals surface area contributed by atoms with Crippen molar-refractivity contribution in [3.05, 3.63) is 47.7 Å². The van der Waals surface area contributed by atoms with Gasteiger partial charge in [0.1, 0.15) is 5.83 Å². The van der Waals surface area contributed by atoms with Gasteiger partial charge < -0.3 is 16.2 Å². The Bertz CT molecular complexity index is 1030. The lowest BCUT2D eigenvalue weighted by molar-refractivity contribution is 0.0698.